The number of carboxylic acid groups (broad SMARTS) is 1. The lowest BCUT2D eigenvalue weighted by Crippen LogP contribution is -2.42. The van der Waals surface area contributed by atoms with Crippen molar-refractivity contribution in [2.45, 2.75) is 45.3 Å². The molecule has 0 spiro atoms. The lowest BCUT2D eigenvalue weighted by Gasteiger charge is -2.22. The molecule has 0 radical (unpaired) electrons. The van der Waals surface area contributed by atoms with Crippen LogP contribution in [0.1, 0.15) is 33.1 Å². The highest BCUT2D eigenvalue weighted by Crippen LogP contribution is 2.17. The SMILES string of the molecule is CCC(C)OCC(=O)N1CCC[C@@H]1C(=O)O. The molecule has 92 valence electrons. The Kier molecular flexibility index (Phi) is 4.73. The van der Waals surface area contributed by atoms with Gasteiger partial charge in [0.05, 0.1) is 6.10 Å². The Bertz CT molecular complexity index is 267. The summed E-state index contributed by atoms with van der Waals surface area (Å²) in [5, 5.41) is 8.92. The van der Waals surface area contributed by atoms with Crippen molar-refractivity contribution < 1.29 is 19.4 Å². The van der Waals surface area contributed by atoms with Gasteiger partial charge in [-0.15, -0.1) is 0 Å². The van der Waals surface area contributed by atoms with Crippen LogP contribution in [0.15, 0.2) is 0 Å². The molecule has 1 saturated heterocycles. The molecule has 1 heterocycles. The second-order valence-corrected chi connectivity index (χ2v) is 4.11. The zero-order valence-corrected chi connectivity index (χ0v) is 9.81. The number of aliphatic carboxylic acids is 1. The standard InChI is InChI=1S/C11H19NO4/c1-3-8(2)16-7-10(13)12-6-4-5-9(12)11(14)15/h8-9H,3-7H2,1-2H3,(H,14,15)/t8?,9-/m1/s1. The average Bonchev–Trinajstić information content (AvgIpc) is 2.74. The topological polar surface area (TPSA) is 66.8 Å². The third-order valence-electron chi connectivity index (χ3n) is 2.92. The van der Waals surface area contributed by atoms with Crippen molar-refractivity contribution in [2.24, 2.45) is 0 Å². The lowest BCUT2D eigenvalue weighted by atomic mass is 10.2. The second-order valence-electron chi connectivity index (χ2n) is 4.11. The molecule has 0 aromatic carbocycles. The van der Waals surface area contributed by atoms with E-state index in [1.807, 2.05) is 13.8 Å². The minimum Gasteiger partial charge on any atom is -0.480 e. The van der Waals surface area contributed by atoms with Crippen molar-refractivity contribution in [3.8, 4) is 0 Å². The van der Waals surface area contributed by atoms with Gasteiger partial charge in [-0.25, -0.2) is 4.79 Å². The number of rotatable bonds is 5. The van der Waals surface area contributed by atoms with E-state index in [4.69, 9.17) is 9.84 Å². The Morgan fingerprint density at radius 3 is 2.81 bits per heavy atom. The number of carbonyl (C=O) groups is 2. The fourth-order valence-corrected chi connectivity index (χ4v) is 1.74. The Balaban J connectivity index is 2.44. The summed E-state index contributed by atoms with van der Waals surface area (Å²) < 4.78 is 5.31. The largest absolute Gasteiger partial charge is 0.480 e. The van der Waals surface area contributed by atoms with E-state index in [9.17, 15) is 9.59 Å². The van der Waals surface area contributed by atoms with Crippen molar-refractivity contribution in [3.05, 3.63) is 0 Å². The third kappa shape index (κ3) is 3.20. The van der Waals surface area contributed by atoms with Crippen molar-refractivity contribution in [1.82, 2.24) is 4.90 Å². The molecule has 2 atom stereocenters. The first-order valence-electron chi connectivity index (χ1n) is 5.70. The van der Waals surface area contributed by atoms with Crippen LogP contribution >= 0.6 is 0 Å². The molecule has 1 amide bonds. The van der Waals surface area contributed by atoms with Gasteiger partial charge in [0.25, 0.3) is 0 Å². The molecule has 1 unspecified atom stereocenters. The van der Waals surface area contributed by atoms with Crippen LogP contribution in [0.3, 0.4) is 0 Å². The number of carboxylic acids is 1. The van der Waals surface area contributed by atoms with Gasteiger partial charge < -0.3 is 14.7 Å². The van der Waals surface area contributed by atoms with Gasteiger partial charge in [-0.3, -0.25) is 4.79 Å². The van der Waals surface area contributed by atoms with Crippen LogP contribution in [0.5, 0.6) is 0 Å². The highest BCUT2D eigenvalue weighted by atomic mass is 16.5. The number of carbonyl (C=O) groups excluding carboxylic acids is 1. The van der Waals surface area contributed by atoms with Crippen molar-refractivity contribution in [1.29, 1.82) is 0 Å². The van der Waals surface area contributed by atoms with E-state index < -0.39 is 12.0 Å². The molecule has 1 aliphatic heterocycles. The predicted molar refractivity (Wildman–Crippen MR) is 58.1 cm³/mol. The van der Waals surface area contributed by atoms with Crippen LogP contribution < -0.4 is 0 Å². The number of ether oxygens (including phenoxy) is 1. The van der Waals surface area contributed by atoms with E-state index >= 15 is 0 Å². The fraction of sp³-hybridized carbons (Fsp3) is 0.818. The molecule has 1 rings (SSSR count). The molecular weight excluding hydrogens is 210 g/mol. The van der Waals surface area contributed by atoms with Crippen LogP contribution in [0.25, 0.3) is 0 Å². The molecule has 0 saturated carbocycles. The number of nitrogens with zero attached hydrogens (tertiary/aromatic N) is 1. The van der Waals surface area contributed by atoms with Crippen molar-refractivity contribution >= 4 is 11.9 Å². The molecule has 0 aromatic heterocycles. The van der Waals surface area contributed by atoms with Gasteiger partial charge in [-0.05, 0) is 26.2 Å². The lowest BCUT2D eigenvalue weighted by molar-refractivity contribution is -0.150. The van der Waals surface area contributed by atoms with Crippen LogP contribution in [-0.4, -0.2) is 47.2 Å². The van der Waals surface area contributed by atoms with Gasteiger partial charge in [-0.1, -0.05) is 6.92 Å². The van der Waals surface area contributed by atoms with Crippen molar-refractivity contribution in [3.63, 3.8) is 0 Å². The van der Waals surface area contributed by atoms with Crippen LogP contribution in [0, 0.1) is 0 Å². The van der Waals surface area contributed by atoms with Gasteiger partial charge >= 0.3 is 5.97 Å². The minimum absolute atomic E-state index is 0.0151. The molecule has 0 aliphatic carbocycles. The van der Waals surface area contributed by atoms with E-state index in [1.54, 1.807) is 0 Å². The van der Waals surface area contributed by atoms with Gasteiger partial charge in [0.15, 0.2) is 0 Å². The number of hydrogen-bond donors (Lipinski definition) is 1. The molecular formula is C11H19NO4. The molecule has 1 fully saturated rings. The van der Waals surface area contributed by atoms with Crippen LogP contribution in [0.4, 0.5) is 0 Å². The van der Waals surface area contributed by atoms with Gasteiger partial charge in [0.1, 0.15) is 12.6 Å². The maximum Gasteiger partial charge on any atom is 0.326 e. The molecule has 16 heavy (non-hydrogen) atoms. The van der Waals surface area contributed by atoms with Gasteiger partial charge in [0, 0.05) is 6.54 Å². The Labute approximate surface area is 95.4 Å². The highest BCUT2D eigenvalue weighted by Gasteiger charge is 2.33. The van der Waals surface area contributed by atoms with Gasteiger partial charge in [0.2, 0.25) is 5.91 Å². The molecule has 0 aromatic rings. The smallest absolute Gasteiger partial charge is 0.326 e. The third-order valence-corrected chi connectivity index (χ3v) is 2.92. The minimum atomic E-state index is -0.922. The summed E-state index contributed by atoms with van der Waals surface area (Å²) >= 11 is 0. The van der Waals surface area contributed by atoms with E-state index in [1.165, 1.54) is 4.90 Å². The quantitative estimate of drug-likeness (QED) is 0.759. The zero-order valence-electron chi connectivity index (χ0n) is 9.81. The normalized spacial score (nSPS) is 22.1. The summed E-state index contributed by atoms with van der Waals surface area (Å²) in [6, 6.07) is -0.659. The number of hydrogen-bond acceptors (Lipinski definition) is 3. The van der Waals surface area contributed by atoms with E-state index in [-0.39, 0.29) is 18.6 Å². The van der Waals surface area contributed by atoms with E-state index in [0.717, 1.165) is 12.8 Å². The molecule has 5 nitrogen and oxygen atoms in total. The maximum absolute atomic E-state index is 11.7. The number of amides is 1. The Hall–Kier alpha value is -1.10. The molecule has 1 aliphatic rings. The summed E-state index contributed by atoms with van der Waals surface area (Å²) in [4.78, 5) is 24.0. The van der Waals surface area contributed by atoms with Crippen LogP contribution in [0.2, 0.25) is 0 Å². The first kappa shape index (κ1) is 13.0. The summed E-state index contributed by atoms with van der Waals surface area (Å²) in [6.45, 7) is 4.38. The molecule has 1 N–H and O–H groups in total. The summed E-state index contributed by atoms with van der Waals surface area (Å²) in [7, 11) is 0. The van der Waals surface area contributed by atoms with E-state index in [2.05, 4.69) is 0 Å². The summed E-state index contributed by atoms with van der Waals surface area (Å²) in [5.74, 6) is -1.14. The summed E-state index contributed by atoms with van der Waals surface area (Å²) in [6.07, 6.45) is 2.18. The fourth-order valence-electron chi connectivity index (χ4n) is 1.74. The van der Waals surface area contributed by atoms with Gasteiger partial charge in [-0.2, -0.15) is 0 Å². The summed E-state index contributed by atoms with van der Waals surface area (Å²) in [5.41, 5.74) is 0. The Morgan fingerprint density at radius 2 is 2.25 bits per heavy atom. The zero-order chi connectivity index (χ0) is 12.1. The predicted octanol–water partition coefficient (Wildman–Crippen LogP) is 0.877. The first-order valence-corrected chi connectivity index (χ1v) is 5.70. The Morgan fingerprint density at radius 1 is 1.56 bits per heavy atom. The van der Waals surface area contributed by atoms with Crippen LogP contribution in [-0.2, 0) is 14.3 Å². The number of likely N-dealkylation sites (tertiary alicyclic amines) is 1. The van der Waals surface area contributed by atoms with Crippen molar-refractivity contribution in [2.75, 3.05) is 13.2 Å². The highest BCUT2D eigenvalue weighted by molar-refractivity contribution is 5.84. The maximum atomic E-state index is 11.7. The average molecular weight is 229 g/mol. The molecule has 5 heteroatoms. The van der Waals surface area contributed by atoms with E-state index in [0.29, 0.717) is 13.0 Å². The second kappa shape index (κ2) is 5.84. The monoisotopic (exact) mass is 229 g/mol. The first-order chi connectivity index (χ1) is 7.56. The molecule has 0 bridgehead atoms.